The Hall–Kier alpha value is -2.92. The van der Waals surface area contributed by atoms with Gasteiger partial charge < -0.3 is 15.4 Å². The molecule has 2 amide bonds. The van der Waals surface area contributed by atoms with Crippen LogP contribution in [0.4, 0.5) is 5.69 Å². The lowest BCUT2D eigenvalue weighted by atomic mass is 10.1. The Morgan fingerprint density at radius 3 is 2.60 bits per heavy atom. The van der Waals surface area contributed by atoms with E-state index in [9.17, 15) is 18.0 Å². The van der Waals surface area contributed by atoms with Crippen LogP contribution in [-0.2, 0) is 10.0 Å². The molecule has 2 heterocycles. The predicted octanol–water partition coefficient (Wildman–Crippen LogP) is 1.21. The standard InChI is InChI=1S/C19H25N5O5S/c1-3-29-16-7-5-4-6-14(16)18(25)22-15-12-20-23-17(15)19(26)21-13-8-10-24(11-9-13)30(2,27)28/h4-7,12-13H,3,8-11H2,1-2H3,(H,20,23)(H,21,26)(H,22,25). The number of aromatic amines is 1. The number of nitrogens with zero attached hydrogens (tertiary/aromatic N) is 2. The van der Waals surface area contributed by atoms with Crippen molar-refractivity contribution in [2.24, 2.45) is 0 Å². The van der Waals surface area contributed by atoms with E-state index in [4.69, 9.17) is 4.74 Å². The van der Waals surface area contributed by atoms with Gasteiger partial charge in [-0.3, -0.25) is 14.7 Å². The second kappa shape index (κ2) is 9.26. The van der Waals surface area contributed by atoms with Gasteiger partial charge in [0, 0.05) is 19.1 Å². The van der Waals surface area contributed by atoms with Crippen LogP contribution in [0.3, 0.4) is 0 Å². The van der Waals surface area contributed by atoms with Gasteiger partial charge >= 0.3 is 0 Å². The maximum Gasteiger partial charge on any atom is 0.271 e. The van der Waals surface area contributed by atoms with E-state index < -0.39 is 21.8 Å². The van der Waals surface area contributed by atoms with Crippen LogP contribution in [0.15, 0.2) is 30.5 Å². The second-order valence-corrected chi connectivity index (χ2v) is 8.93. The smallest absolute Gasteiger partial charge is 0.271 e. The maximum absolute atomic E-state index is 12.7. The molecule has 1 aliphatic rings. The number of hydrogen-bond acceptors (Lipinski definition) is 6. The SMILES string of the molecule is CCOc1ccccc1C(=O)Nc1cn[nH]c1C(=O)NC1CCN(S(C)(=O)=O)CC1. The molecule has 0 saturated carbocycles. The summed E-state index contributed by atoms with van der Waals surface area (Å²) in [6.45, 7) is 2.95. The van der Waals surface area contributed by atoms with Crippen LogP contribution in [0.25, 0.3) is 0 Å². The van der Waals surface area contributed by atoms with E-state index in [1.54, 1.807) is 24.3 Å². The second-order valence-electron chi connectivity index (χ2n) is 6.95. The van der Waals surface area contributed by atoms with Gasteiger partial charge in [0.05, 0.1) is 30.3 Å². The van der Waals surface area contributed by atoms with Crippen molar-refractivity contribution < 1.29 is 22.7 Å². The average Bonchev–Trinajstić information content (AvgIpc) is 3.16. The van der Waals surface area contributed by atoms with E-state index in [0.717, 1.165) is 0 Å². The van der Waals surface area contributed by atoms with Crippen LogP contribution in [0.5, 0.6) is 5.75 Å². The molecule has 0 bridgehead atoms. The third-order valence-corrected chi connectivity index (χ3v) is 6.11. The first-order valence-electron chi connectivity index (χ1n) is 9.62. The minimum absolute atomic E-state index is 0.128. The molecule has 1 aromatic heterocycles. The molecule has 0 unspecified atom stereocenters. The number of ether oxygens (including phenoxy) is 1. The number of carbonyl (C=O) groups is 2. The number of nitrogens with one attached hydrogen (secondary N) is 3. The summed E-state index contributed by atoms with van der Waals surface area (Å²) >= 11 is 0. The summed E-state index contributed by atoms with van der Waals surface area (Å²) in [6, 6.07) is 6.66. The Morgan fingerprint density at radius 2 is 1.93 bits per heavy atom. The van der Waals surface area contributed by atoms with E-state index in [2.05, 4.69) is 20.8 Å². The van der Waals surface area contributed by atoms with E-state index in [0.29, 0.717) is 43.9 Å². The number of benzene rings is 1. The fourth-order valence-corrected chi connectivity index (χ4v) is 4.14. The first-order valence-corrected chi connectivity index (χ1v) is 11.5. The molecule has 1 fully saturated rings. The summed E-state index contributed by atoms with van der Waals surface area (Å²) in [5, 5.41) is 12.0. The Labute approximate surface area is 175 Å². The van der Waals surface area contributed by atoms with Gasteiger partial charge in [-0.1, -0.05) is 12.1 Å². The Kier molecular flexibility index (Phi) is 6.73. The lowest BCUT2D eigenvalue weighted by Crippen LogP contribution is -2.46. The first-order chi connectivity index (χ1) is 14.3. The monoisotopic (exact) mass is 435 g/mol. The molecule has 1 saturated heterocycles. The van der Waals surface area contributed by atoms with E-state index in [-0.39, 0.29) is 17.4 Å². The average molecular weight is 436 g/mol. The fraction of sp³-hybridized carbons (Fsp3) is 0.421. The number of para-hydroxylation sites is 1. The van der Waals surface area contributed by atoms with Gasteiger partial charge in [-0.25, -0.2) is 12.7 Å². The van der Waals surface area contributed by atoms with Gasteiger partial charge in [-0.05, 0) is 31.9 Å². The topological polar surface area (TPSA) is 133 Å². The molecule has 3 N–H and O–H groups in total. The molecule has 3 rings (SSSR count). The lowest BCUT2D eigenvalue weighted by Gasteiger charge is -2.30. The zero-order valence-corrected chi connectivity index (χ0v) is 17.7. The van der Waals surface area contributed by atoms with Crippen molar-refractivity contribution in [2.75, 3.05) is 31.3 Å². The highest BCUT2D eigenvalue weighted by Crippen LogP contribution is 2.21. The molecule has 0 spiro atoms. The van der Waals surface area contributed by atoms with E-state index in [1.165, 1.54) is 16.8 Å². The van der Waals surface area contributed by atoms with Crippen LogP contribution in [0, 0.1) is 0 Å². The summed E-state index contributed by atoms with van der Waals surface area (Å²) < 4.78 is 30.1. The van der Waals surface area contributed by atoms with Gasteiger partial charge in [0.1, 0.15) is 11.4 Å². The first kappa shape index (κ1) is 21.8. The van der Waals surface area contributed by atoms with Crippen molar-refractivity contribution in [1.29, 1.82) is 0 Å². The number of hydrogen-bond donors (Lipinski definition) is 3. The number of amides is 2. The van der Waals surface area contributed by atoms with Crippen molar-refractivity contribution in [1.82, 2.24) is 19.8 Å². The summed E-state index contributed by atoms with van der Waals surface area (Å²) in [6.07, 6.45) is 3.56. The molecular formula is C19H25N5O5S. The number of piperidine rings is 1. The van der Waals surface area contributed by atoms with Crippen LogP contribution in [0.1, 0.15) is 40.6 Å². The zero-order chi connectivity index (χ0) is 21.7. The number of aromatic nitrogens is 2. The highest BCUT2D eigenvalue weighted by molar-refractivity contribution is 7.88. The summed E-state index contributed by atoms with van der Waals surface area (Å²) in [5.41, 5.74) is 0.722. The third kappa shape index (κ3) is 5.16. The quantitative estimate of drug-likeness (QED) is 0.599. The van der Waals surface area contributed by atoms with E-state index >= 15 is 0 Å². The normalized spacial score (nSPS) is 15.5. The Bertz CT molecular complexity index is 1010. The van der Waals surface area contributed by atoms with Gasteiger partial charge in [0.2, 0.25) is 10.0 Å². The number of anilines is 1. The largest absolute Gasteiger partial charge is 0.493 e. The van der Waals surface area contributed by atoms with Crippen molar-refractivity contribution in [3.8, 4) is 5.75 Å². The highest BCUT2D eigenvalue weighted by atomic mass is 32.2. The van der Waals surface area contributed by atoms with Crippen LogP contribution >= 0.6 is 0 Å². The van der Waals surface area contributed by atoms with Crippen molar-refractivity contribution in [3.05, 3.63) is 41.7 Å². The third-order valence-electron chi connectivity index (χ3n) is 4.80. The summed E-state index contributed by atoms with van der Waals surface area (Å²) in [7, 11) is -3.23. The molecule has 10 nitrogen and oxygen atoms in total. The van der Waals surface area contributed by atoms with Crippen molar-refractivity contribution >= 4 is 27.5 Å². The molecule has 1 aromatic carbocycles. The predicted molar refractivity (Wildman–Crippen MR) is 111 cm³/mol. The van der Waals surface area contributed by atoms with Crippen LogP contribution in [-0.4, -0.2) is 66.7 Å². The molecule has 30 heavy (non-hydrogen) atoms. The van der Waals surface area contributed by atoms with Gasteiger partial charge in [-0.2, -0.15) is 5.10 Å². The lowest BCUT2D eigenvalue weighted by molar-refractivity contribution is 0.0919. The number of carbonyl (C=O) groups excluding carboxylic acids is 2. The molecule has 162 valence electrons. The van der Waals surface area contributed by atoms with Crippen LogP contribution in [0.2, 0.25) is 0 Å². The van der Waals surface area contributed by atoms with Crippen molar-refractivity contribution in [2.45, 2.75) is 25.8 Å². The Balaban J connectivity index is 1.64. The number of rotatable bonds is 7. The van der Waals surface area contributed by atoms with Crippen molar-refractivity contribution in [3.63, 3.8) is 0 Å². The summed E-state index contributed by atoms with van der Waals surface area (Å²) in [5.74, 6) is -0.390. The van der Waals surface area contributed by atoms with Gasteiger partial charge in [0.25, 0.3) is 11.8 Å². The van der Waals surface area contributed by atoms with Gasteiger partial charge in [-0.15, -0.1) is 0 Å². The molecule has 0 radical (unpaired) electrons. The molecule has 0 aliphatic carbocycles. The Morgan fingerprint density at radius 1 is 1.23 bits per heavy atom. The number of H-pyrrole nitrogens is 1. The molecule has 1 aliphatic heterocycles. The molecule has 11 heteroatoms. The minimum Gasteiger partial charge on any atom is -0.493 e. The molecule has 0 atom stereocenters. The highest BCUT2D eigenvalue weighted by Gasteiger charge is 2.27. The summed E-state index contributed by atoms with van der Waals surface area (Å²) in [4.78, 5) is 25.3. The zero-order valence-electron chi connectivity index (χ0n) is 16.8. The molecular weight excluding hydrogens is 410 g/mol. The van der Waals surface area contributed by atoms with Gasteiger partial charge in [0.15, 0.2) is 0 Å². The maximum atomic E-state index is 12.7. The fourth-order valence-electron chi connectivity index (χ4n) is 3.27. The minimum atomic E-state index is -3.23. The van der Waals surface area contributed by atoms with Crippen LogP contribution < -0.4 is 15.4 Å². The number of sulfonamides is 1. The van der Waals surface area contributed by atoms with E-state index in [1.807, 2.05) is 6.92 Å². The molecule has 2 aromatic rings.